The predicted molar refractivity (Wildman–Crippen MR) is 82.7 cm³/mol. The SMILES string of the molecule is CCC(C(=O)Nc1ccccc1C#N)n1nc([N+](=O)[O-])cc1C. The molecule has 23 heavy (non-hydrogen) atoms. The minimum Gasteiger partial charge on any atom is -0.358 e. The topological polar surface area (TPSA) is 114 Å². The van der Waals surface area contributed by atoms with Gasteiger partial charge in [-0.15, -0.1) is 0 Å². The van der Waals surface area contributed by atoms with E-state index in [1.165, 1.54) is 10.7 Å². The van der Waals surface area contributed by atoms with Gasteiger partial charge in [-0.25, -0.2) is 0 Å². The zero-order chi connectivity index (χ0) is 17.0. The molecule has 0 radical (unpaired) electrons. The first kappa shape index (κ1) is 16.2. The number of nitrogens with zero attached hydrogens (tertiary/aromatic N) is 4. The molecule has 1 N–H and O–H groups in total. The standard InChI is InChI=1S/C15H15N5O3/c1-3-13(19-10(2)8-14(18-19)20(22)23)15(21)17-12-7-5-4-6-11(12)9-16/h4-8,13H,3H2,1-2H3,(H,17,21). The molecule has 1 unspecified atom stereocenters. The molecule has 8 heteroatoms. The van der Waals surface area contributed by atoms with Gasteiger partial charge in [-0.3, -0.25) is 4.79 Å². The lowest BCUT2D eigenvalue weighted by molar-refractivity contribution is -0.389. The molecule has 2 aromatic rings. The molecule has 0 spiro atoms. The van der Waals surface area contributed by atoms with E-state index in [0.717, 1.165) is 0 Å². The Morgan fingerprint density at radius 1 is 1.52 bits per heavy atom. The van der Waals surface area contributed by atoms with Crippen molar-refractivity contribution in [3.63, 3.8) is 0 Å². The Kier molecular flexibility index (Phi) is 4.71. The zero-order valence-electron chi connectivity index (χ0n) is 12.7. The molecular weight excluding hydrogens is 298 g/mol. The van der Waals surface area contributed by atoms with Crippen molar-refractivity contribution in [3.8, 4) is 6.07 Å². The van der Waals surface area contributed by atoms with Crippen molar-refractivity contribution in [1.82, 2.24) is 9.78 Å². The van der Waals surface area contributed by atoms with Gasteiger partial charge in [-0.2, -0.15) is 9.94 Å². The largest absolute Gasteiger partial charge is 0.390 e. The lowest BCUT2D eigenvalue weighted by Gasteiger charge is -2.14. The van der Waals surface area contributed by atoms with Gasteiger partial charge in [-0.1, -0.05) is 19.1 Å². The number of para-hydroxylation sites is 1. The number of benzene rings is 1. The molecule has 0 fully saturated rings. The molecule has 0 saturated heterocycles. The average Bonchev–Trinajstić information content (AvgIpc) is 2.91. The Labute approximate surface area is 132 Å². The maximum Gasteiger partial charge on any atom is 0.390 e. The third-order valence-corrected chi connectivity index (χ3v) is 3.39. The van der Waals surface area contributed by atoms with E-state index >= 15 is 0 Å². The van der Waals surface area contributed by atoms with Crippen molar-refractivity contribution >= 4 is 17.4 Å². The summed E-state index contributed by atoms with van der Waals surface area (Å²) >= 11 is 0. The number of carbonyl (C=O) groups excluding carboxylic acids is 1. The molecule has 1 aromatic carbocycles. The maximum atomic E-state index is 12.5. The maximum absolute atomic E-state index is 12.5. The van der Waals surface area contributed by atoms with Crippen LogP contribution in [0, 0.1) is 28.4 Å². The monoisotopic (exact) mass is 313 g/mol. The number of amides is 1. The molecule has 0 saturated carbocycles. The number of rotatable bonds is 5. The average molecular weight is 313 g/mol. The van der Waals surface area contributed by atoms with Gasteiger partial charge in [0.15, 0.2) is 6.04 Å². The highest BCUT2D eigenvalue weighted by Gasteiger charge is 2.27. The molecule has 0 aliphatic heterocycles. The number of carbonyl (C=O) groups is 1. The highest BCUT2D eigenvalue weighted by molar-refractivity contribution is 5.94. The van der Waals surface area contributed by atoms with Crippen molar-refractivity contribution in [2.24, 2.45) is 0 Å². The van der Waals surface area contributed by atoms with Crippen LogP contribution in [0.15, 0.2) is 30.3 Å². The van der Waals surface area contributed by atoms with E-state index < -0.39 is 11.0 Å². The van der Waals surface area contributed by atoms with E-state index in [1.807, 2.05) is 6.07 Å². The van der Waals surface area contributed by atoms with Crippen LogP contribution in [-0.2, 0) is 4.79 Å². The van der Waals surface area contributed by atoms with Crippen molar-refractivity contribution in [2.45, 2.75) is 26.3 Å². The van der Waals surface area contributed by atoms with Crippen molar-refractivity contribution < 1.29 is 9.72 Å². The number of aryl methyl sites for hydroxylation is 1. The molecule has 118 valence electrons. The van der Waals surface area contributed by atoms with Crippen LogP contribution < -0.4 is 5.32 Å². The number of aromatic nitrogens is 2. The van der Waals surface area contributed by atoms with Crippen molar-refractivity contribution in [3.05, 3.63) is 51.7 Å². The van der Waals surface area contributed by atoms with E-state index in [-0.39, 0.29) is 11.7 Å². The Morgan fingerprint density at radius 2 is 2.22 bits per heavy atom. The molecule has 0 aliphatic rings. The van der Waals surface area contributed by atoms with Crippen LogP contribution in [0.25, 0.3) is 0 Å². The predicted octanol–water partition coefficient (Wildman–Crippen LogP) is 2.56. The third kappa shape index (κ3) is 3.35. The molecule has 1 amide bonds. The fraction of sp³-hybridized carbons (Fsp3) is 0.267. The summed E-state index contributed by atoms with van der Waals surface area (Å²) in [6.07, 6.45) is 0.403. The quantitative estimate of drug-likeness (QED) is 0.673. The highest BCUT2D eigenvalue weighted by Crippen LogP contribution is 2.21. The van der Waals surface area contributed by atoms with E-state index in [4.69, 9.17) is 5.26 Å². The summed E-state index contributed by atoms with van der Waals surface area (Å²) in [4.78, 5) is 22.7. The van der Waals surface area contributed by atoms with Gasteiger partial charge in [-0.05, 0) is 30.4 Å². The second kappa shape index (κ2) is 6.70. The number of nitro groups is 1. The normalized spacial score (nSPS) is 11.5. The number of hydrogen-bond donors (Lipinski definition) is 1. The first-order chi connectivity index (χ1) is 11.0. The molecule has 2 rings (SSSR count). The molecule has 1 heterocycles. The van der Waals surface area contributed by atoms with Gasteiger partial charge in [0.25, 0.3) is 5.91 Å². The second-order valence-electron chi connectivity index (χ2n) is 4.92. The number of nitriles is 1. The lowest BCUT2D eigenvalue weighted by Crippen LogP contribution is -2.27. The van der Waals surface area contributed by atoms with Crippen LogP contribution in [0.2, 0.25) is 0 Å². The van der Waals surface area contributed by atoms with Gasteiger partial charge >= 0.3 is 5.82 Å². The Balaban J connectivity index is 2.29. The first-order valence-corrected chi connectivity index (χ1v) is 6.98. The molecule has 8 nitrogen and oxygen atoms in total. The van der Waals surface area contributed by atoms with E-state index in [9.17, 15) is 14.9 Å². The van der Waals surface area contributed by atoms with Gasteiger partial charge in [0, 0.05) is 0 Å². The van der Waals surface area contributed by atoms with Gasteiger partial charge < -0.3 is 15.4 Å². The van der Waals surface area contributed by atoms with E-state index in [1.54, 1.807) is 38.1 Å². The van der Waals surface area contributed by atoms with Gasteiger partial charge in [0.1, 0.15) is 6.07 Å². The zero-order valence-corrected chi connectivity index (χ0v) is 12.7. The summed E-state index contributed by atoms with van der Waals surface area (Å²) in [5, 5.41) is 26.4. The minimum absolute atomic E-state index is 0.300. The number of hydrogen-bond acceptors (Lipinski definition) is 5. The Hall–Kier alpha value is -3.21. The third-order valence-electron chi connectivity index (χ3n) is 3.39. The summed E-state index contributed by atoms with van der Waals surface area (Å²) in [5.74, 6) is -0.678. The summed E-state index contributed by atoms with van der Waals surface area (Å²) in [7, 11) is 0. The van der Waals surface area contributed by atoms with Crippen LogP contribution in [0.5, 0.6) is 0 Å². The van der Waals surface area contributed by atoms with Crippen LogP contribution in [0.3, 0.4) is 0 Å². The molecular formula is C15H15N5O3. The van der Waals surface area contributed by atoms with Crippen LogP contribution in [0.4, 0.5) is 11.5 Å². The molecule has 0 aliphatic carbocycles. The highest BCUT2D eigenvalue weighted by atomic mass is 16.6. The summed E-state index contributed by atoms with van der Waals surface area (Å²) in [5.41, 5.74) is 1.27. The van der Waals surface area contributed by atoms with Crippen LogP contribution >= 0.6 is 0 Å². The summed E-state index contributed by atoms with van der Waals surface area (Å²) in [6, 6.07) is 9.26. The van der Waals surface area contributed by atoms with Crippen molar-refractivity contribution in [2.75, 3.05) is 5.32 Å². The lowest BCUT2D eigenvalue weighted by atomic mass is 10.1. The second-order valence-corrected chi connectivity index (χ2v) is 4.92. The Morgan fingerprint density at radius 3 is 2.78 bits per heavy atom. The van der Waals surface area contributed by atoms with E-state index in [2.05, 4.69) is 10.4 Å². The fourth-order valence-corrected chi connectivity index (χ4v) is 2.25. The van der Waals surface area contributed by atoms with Gasteiger partial charge in [0.2, 0.25) is 0 Å². The number of nitrogens with one attached hydrogen (secondary N) is 1. The first-order valence-electron chi connectivity index (χ1n) is 6.98. The molecule has 0 bridgehead atoms. The summed E-state index contributed by atoms with van der Waals surface area (Å²) in [6.45, 7) is 3.44. The molecule has 1 atom stereocenters. The number of anilines is 1. The summed E-state index contributed by atoms with van der Waals surface area (Å²) < 4.78 is 1.34. The molecule has 1 aromatic heterocycles. The van der Waals surface area contributed by atoms with Crippen molar-refractivity contribution in [1.29, 1.82) is 5.26 Å². The van der Waals surface area contributed by atoms with E-state index in [0.29, 0.717) is 23.4 Å². The van der Waals surface area contributed by atoms with Crippen LogP contribution in [-0.4, -0.2) is 20.6 Å². The minimum atomic E-state index is -0.699. The van der Waals surface area contributed by atoms with Gasteiger partial charge in [0.05, 0.1) is 28.1 Å². The smallest absolute Gasteiger partial charge is 0.358 e. The Bertz CT molecular complexity index is 791. The van der Waals surface area contributed by atoms with Crippen LogP contribution in [0.1, 0.15) is 30.6 Å². The fourth-order valence-electron chi connectivity index (χ4n) is 2.25.